The molecule has 2 fully saturated rings. The molecule has 108 valence electrons. The monoisotopic (exact) mass is 268 g/mol. The summed E-state index contributed by atoms with van der Waals surface area (Å²) in [6.45, 7) is 1.32. The zero-order chi connectivity index (χ0) is 13.7. The summed E-state index contributed by atoms with van der Waals surface area (Å²) in [4.78, 5) is 24.3. The second kappa shape index (κ2) is 6.37. The molecule has 1 aliphatic carbocycles. The molecule has 0 spiro atoms. The van der Waals surface area contributed by atoms with Gasteiger partial charge in [-0.05, 0) is 38.5 Å². The van der Waals surface area contributed by atoms with Gasteiger partial charge in [0, 0.05) is 20.3 Å². The van der Waals surface area contributed by atoms with Crippen molar-refractivity contribution in [1.29, 1.82) is 0 Å². The molecule has 2 amide bonds. The number of nitrogens with one attached hydrogen (secondary N) is 2. The summed E-state index contributed by atoms with van der Waals surface area (Å²) in [6.07, 6.45) is 6.39. The van der Waals surface area contributed by atoms with E-state index in [2.05, 4.69) is 10.6 Å². The van der Waals surface area contributed by atoms with Crippen LogP contribution in [0.5, 0.6) is 0 Å². The minimum absolute atomic E-state index is 0.0351. The van der Waals surface area contributed by atoms with Crippen LogP contribution >= 0.6 is 0 Å². The van der Waals surface area contributed by atoms with Crippen LogP contribution in [-0.4, -0.2) is 38.1 Å². The number of hydrogen-bond acceptors (Lipinski definition) is 3. The highest BCUT2D eigenvalue weighted by Gasteiger charge is 2.44. The SMILES string of the molecule is COCCC1(C(=O)N[C@H]2CCCCNC2=O)CCC1. The largest absolute Gasteiger partial charge is 0.385 e. The van der Waals surface area contributed by atoms with Crippen LogP contribution in [0, 0.1) is 5.41 Å². The summed E-state index contributed by atoms with van der Waals surface area (Å²) >= 11 is 0. The number of methoxy groups -OCH3 is 1. The fourth-order valence-corrected chi connectivity index (χ4v) is 2.88. The summed E-state index contributed by atoms with van der Waals surface area (Å²) in [7, 11) is 1.66. The van der Waals surface area contributed by atoms with Crippen LogP contribution in [0.4, 0.5) is 0 Å². The number of rotatable bonds is 5. The van der Waals surface area contributed by atoms with E-state index in [4.69, 9.17) is 4.74 Å². The third kappa shape index (κ3) is 3.26. The van der Waals surface area contributed by atoms with Crippen molar-refractivity contribution < 1.29 is 14.3 Å². The van der Waals surface area contributed by atoms with Crippen molar-refractivity contribution >= 4 is 11.8 Å². The summed E-state index contributed by atoms with van der Waals surface area (Å²) < 4.78 is 5.10. The lowest BCUT2D eigenvalue weighted by Crippen LogP contribution is -2.53. The van der Waals surface area contributed by atoms with Gasteiger partial charge in [-0.2, -0.15) is 0 Å². The highest BCUT2D eigenvalue weighted by atomic mass is 16.5. The first kappa shape index (κ1) is 14.3. The smallest absolute Gasteiger partial charge is 0.242 e. The Hall–Kier alpha value is -1.10. The molecule has 1 heterocycles. The Morgan fingerprint density at radius 1 is 1.42 bits per heavy atom. The van der Waals surface area contributed by atoms with Gasteiger partial charge in [0.05, 0.1) is 5.41 Å². The lowest BCUT2D eigenvalue weighted by molar-refractivity contribution is -0.140. The molecule has 2 rings (SSSR count). The van der Waals surface area contributed by atoms with E-state index in [0.717, 1.165) is 51.5 Å². The van der Waals surface area contributed by atoms with Crippen molar-refractivity contribution in [1.82, 2.24) is 10.6 Å². The fourth-order valence-electron chi connectivity index (χ4n) is 2.88. The number of hydrogen-bond donors (Lipinski definition) is 2. The van der Waals surface area contributed by atoms with E-state index in [9.17, 15) is 9.59 Å². The third-order valence-corrected chi connectivity index (χ3v) is 4.42. The molecule has 2 aliphatic rings. The number of ether oxygens (including phenoxy) is 1. The maximum absolute atomic E-state index is 12.4. The van der Waals surface area contributed by atoms with Gasteiger partial charge in [-0.15, -0.1) is 0 Å². The molecule has 0 radical (unpaired) electrons. The maximum atomic E-state index is 12.4. The molecule has 0 aromatic carbocycles. The zero-order valence-corrected chi connectivity index (χ0v) is 11.7. The molecular weight excluding hydrogens is 244 g/mol. The molecule has 19 heavy (non-hydrogen) atoms. The molecule has 2 N–H and O–H groups in total. The van der Waals surface area contributed by atoms with Gasteiger partial charge in [-0.1, -0.05) is 6.42 Å². The lowest BCUT2D eigenvalue weighted by atomic mass is 9.66. The van der Waals surface area contributed by atoms with Crippen molar-refractivity contribution in [2.24, 2.45) is 5.41 Å². The molecule has 1 saturated heterocycles. The van der Waals surface area contributed by atoms with E-state index in [0.29, 0.717) is 6.61 Å². The van der Waals surface area contributed by atoms with Crippen LogP contribution in [0.2, 0.25) is 0 Å². The number of amides is 2. The molecule has 5 heteroatoms. The van der Waals surface area contributed by atoms with Crippen LogP contribution in [-0.2, 0) is 14.3 Å². The van der Waals surface area contributed by atoms with Crippen LogP contribution in [0.15, 0.2) is 0 Å². The van der Waals surface area contributed by atoms with Crippen molar-refractivity contribution in [3.63, 3.8) is 0 Å². The molecular formula is C14H24N2O3. The van der Waals surface area contributed by atoms with Crippen molar-refractivity contribution in [2.75, 3.05) is 20.3 Å². The van der Waals surface area contributed by atoms with Gasteiger partial charge < -0.3 is 15.4 Å². The Kier molecular flexibility index (Phi) is 4.80. The Morgan fingerprint density at radius 3 is 2.84 bits per heavy atom. The van der Waals surface area contributed by atoms with E-state index in [1.807, 2.05) is 0 Å². The Labute approximate surface area is 114 Å². The van der Waals surface area contributed by atoms with Gasteiger partial charge in [-0.25, -0.2) is 0 Å². The van der Waals surface area contributed by atoms with E-state index in [1.165, 1.54) is 0 Å². The molecule has 0 unspecified atom stereocenters. The summed E-state index contributed by atoms with van der Waals surface area (Å²) in [6, 6.07) is -0.352. The molecule has 1 saturated carbocycles. The first-order chi connectivity index (χ1) is 9.18. The standard InChI is InChI=1S/C14H24N2O3/c1-19-10-8-14(6-4-7-14)13(18)16-11-5-2-3-9-15-12(11)17/h11H,2-10H2,1H3,(H,15,17)(H,16,18)/t11-/m0/s1. The predicted molar refractivity (Wildman–Crippen MR) is 71.6 cm³/mol. The quantitative estimate of drug-likeness (QED) is 0.781. The van der Waals surface area contributed by atoms with Crippen LogP contribution in [0.3, 0.4) is 0 Å². The van der Waals surface area contributed by atoms with Crippen LogP contribution < -0.4 is 10.6 Å². The van der Waals surface area contributed by atoms with Gasteiger partial charge in [-0.3, -0.25) is 9.59 Å². The second-order valence-electron chi connectivity index (χ2n) is 5.69. The molecule has 1 aliphatic heterocycles. The maximum Gasteiger partial charge on any atom is 0.242 e. The first-order valence-electron chi connectivity index (χ1n) is 7.25. The summed E-state index contributed by atoms with van der Waals surface area (Å²) in [5, 5.41) is 5.81. The zero-order valence-electron chi connectivity index (χ0n) is 11.7. The van der Waals surface area contributed by atoms with Gasteiger partial charge in [0.15, 0.2) is 0 Å². The molecule has 0 aromatic rings. The predicted octanol–water partition coefficient (Wildman–Crippen LogP) is 0.978. The lowest BCUT2D eigenvalue weighted by Gasteiger charge is -2.41. The van der Waals surface area contributed by atoms with Crippen molar-refractivity contribution in [3.8, 4) is 0 Å². The molecule has 5 nitrogen and oxygen atoms in total. The van der Waals surface area contributed by atoms with E-state index in [-0.39, 0.29) is 23.3 Å². The van der Waals surface area contributed by atoms with Gasteiger partial charge in [0.25, 0.3) is 0 Å². The molecule has 0 aromatic heterocycles. The Bertz CT molecular complexity index is 340. The van der Waals surface area contributed by atoms with Crippen molar-refractivity contribution in [2.45, 2.75) is 51.0 Å². The second-order valence-corrected chi connectivity index (χ2v) is 5.69. The summed E-state index contributed by atoms with van der Waals surface area (Å²) in [5.41, 5.74) is -0.289. The Morgan fingerprint density at radius 2 is 2.21 bits per heavy atom. The average Bonchev–Trinajstić information content (AvgIpc) is 2.54. The van der Waals surface area contributed by atoms with Gasteiger partial charge in [0.1, 0.15) is 6.04 Å². The third-order valence-electron chi connectivity index (χ3n) is 4.42. The van der Waals surface area contributed by atoms with Crippen LogP contribution in [0.25, 0.3) is 0 Å². The normalized spacial score (nSPS) is 25.9. The van der Waals surface area contributed by atoms with Gasteiger partial charge >= 0.3 is 0 Å². The topological polar surface area (TPSA) is 67.4 Å². The van der Waals surface area contributed by atoms with E-state index < -0.39 is 0 Å². The van der Waals surface area contributed by atoms with E-state index in [1.54, 1.807) is 7.11 Å². The van der Waals surface area contributed by atoms with Gasteiger partial charge in [0.2, 0.25) is 11.8 Å². The van der Waals surface area contributed by atoms with E-state index >= 15 is 0 Å². The fraction of sp³-hybridized carbons (Fsp3) is 0.857. The molecule has 1 atom stereocenters. The minimum Gasteiger partial charge on any atom is -0.385 e. The highest BCUT2D eigenvalue weighted by Crippen LogP contribution is 2.44. The number of carbonyl (C=O) groups excluding carboxylic acids is 2. The first-order valence-corrected chi connectivity index (χ1v) is 7.25. The average molecular weight is 268 g/mol. The highest BCUT2D eigenvalue weighted by molar-refractivity contribution is 5.90. The summed E-state index contributed by atoms with van der Waals surface area (Å²) in [5.74, 6) is 0.00455. The number of carbonyl (C=O) groups is 2. The van der Waals surface area contributed by atoms with Crippen molar-refractivity contribution in [3.05, 3.63) is 0 Å². The minimum atomic E-state index is -0.352. The Balaban J connectivity index is 1.92. The van der Waals surface area contributed by atoms with Crippen LogP contribution in [0.1, 0.15) is 44.9 Å². The molecule has 0 bridgehead atoms.